The number of carbonyl (C=O) groups excluding carboxylic acids is 2. The van der Waals surface area contributed by atoms with Crippen molar-refractivity contribution in [1.29, 1.82) is 0 Å². The van der Waals surface area contributed by atoms with Gasteiger partial charge in [0.25, 0.3) is 0 Å². The van der Waals surface area contributed by atoms with Crippen molar-refractivity contribution in [1.82, 2.24) is 0 Å². The molecule has 0 aliphatic carbocycles. The lowest BCUT2D eigenvalue weighted by Gasteiger charge is -2.32. The Bertz CT molecular complexity index is 883. The van der Waals surface area contributed by atoms with E-state index in [0.29, 0.717) is 0 Å². The van der Waals surface area contributed by atoms with E-state index in [1.54, 1.807) is 0 Å². The number of rotatable bonds is 13. The molecule has 0 saturated heterocycles. The fourth-order valence-corrected chi connectivity index (χ4v) is 1.68. The first-order valence-corrected chi connectivity index (χ1v) is 9.53. The summed E-state index contributed by atoms with van der Waals surface area (Å²) in [4.78, 5) is 21.4. The molecule has 230 valence electrons. The van der Waals surface area contributed by atoms with Gasteiger partial charge in [-0.25, -0.2) is 27.2 Å². The van der Waals surface area contributed by atoms with E-state index < -0.39 is 85.5 Å². The lowest BCUT2D eigenvalue weighted by atomic mass is 10.0. The second-order valence-electron chi connectivity index (χ2n) is 7.43. The third-order valence-corrected chi connectivity index (χ3v) is 4.03. The van der Waals surface area contributed by atoms with Crippen LogP contribution in [-0.2, 0) is 19.1 Å². The summed E-state index contributed by atoms with van der Waals surface area (Å²) in [5.74, 6) is -39.1. The largest absolute Gasteiger partial charge is 0.462 e. The van der Waals surface area contributed by atoms with E-state index in [1.165, 1.54) is 0 Å². The van der Waals surface area contributed by atoms with E-state index in [1.807, 2.05) is 0 Å². The van der Waals surface area contributed by atoms with Gasteiger partial charge < -0.3 is 9.47 Å². The zero-order chi connectivity index (χ0) is 32.0. The van der Waals surface area contributed by atoms with E-state index in [0.717, 1.165) is 13.8 Å². The van der Waals surface area contributed by atoms with Crippen LogP contribution in [0.4, 0.5) is 70.2 Å². The summed E-state index contributed by atoms with van der Waals surface area (Å²) in [5.41, 5.74) is -0.697. The Morgan fingerprint density at radius 3 is 1.23 bits per heavy atom. The third-order valence-electron chi connectivity index (χ3n) is 4.03. The zero-order valence-electron chi connectivity index (χ0n) is 19.4. The van der Waals surface area contributed by atoms with E-state index in [9.17, 15) is 79.8 Å². The molecule has 0 aromatic heterocycles. The van der Waals surface area contributed by atoms with Crippen molar-refractivity contribution < 1.29 is 89.3 Å². The smallest absolute Gasteiger partial charge is 0.381 e. The van der Waals surface area contributed by atoms with E-state index in [4.69, 9.17) is 0 Å². The minimum atomic E-state index is -6.39. The Balaban J connectivity index is 0. The van der Waals surface area contributed by atoms with Gasteiger partial charge in [-0.15, -0.1) is 0 Å². The molecular weight excluding hydrogens is 596 g/mol. The van der Waals surface area contributed by atoms with Crippen molar-refractivity contribution in [3.63, 3.8) is 0 Å². The van der Waals surface area contributed by atoms with Gasteiger partial charge in [0.1, 0.15) is 0 Å². The van der Waals surface area contributed by atoms with Crippen LogP contribution in [0.3, 0.4) is 0 Å². The van der Waals surface area contributed by atoms with Gasteiger partial charge in [0.05, 0.1) is 13.0 Å². The van der Waals surface area contributed by atoms with Crippen molar-refractivity contribution in [3.05, 3.63) is 24.3 Å². The molecule has 0 radical (unpaired) electrons. The molecule has 0 aromatic carbocycles. The van der Waals surface area contributed by atoms with Crippen molar-refractivity contribution in [3.8, 4) is 0 Å². The Morgan fingerprint density at radius 2 is 0.923 bits per heavy atom. The molecule has 0 bridgehead atoms. The van der Waals surface area contributed by atoms with Crippen LogP contribution in [-0.4, -0.2) is 73.5 Å². The quantitative estimate of drug-likeness (QED) is 0.128. The van der Waals surface area contributed by atoms with Crippen LogP contribution in [0.2, 0.25) is 0 Å². The number of esters is 2. The second kappa shape index (κ2) is 13.1. The highest BCUT2D eigenvalue weighted by Crippen LogP contribution is 2.50. The molecule has 4 nitrogen and oxygen atoms in total. The van der Waals surface area contributed by atoms with Gasteiger partial charge >= 0.3 is 60.3 Å². The maximum atomic E-state index is 12.9. The first-order chi connectivity index (χ1) is 17.0. The average Bonchev–Trinajstić information content (AvgIpc) is 2.76. The number of alkyl halides is 16. The van der Waals surface area contributed by atoms with Crippen LogP contribution in [0.5, 0.6) is 0 Å². The molecule has 0 aromatic rings. The van der Waals surface area contributed by atoms with Crippen molar-refractivity contribution in [2.75, 3.05) is 13.2 Å². The van der Waals surface area contributed by atoms with E-state index in [2.05, 4.69) is 22.6 Å². The Hall–Kier alpha value is -2.70. The molecular formula is C19H18F16O4. The summed E-state index contributed by atoms with van der Waals surface area (Å²) in [6.07, 6.45) is -12.0. The van der Waals surface area contributed by atoms with Gasteiger partial charge in [0, 0.05) is 11.1 Å². The van der Waals surface area contributed by atoms with Crippen molar-refractivity contribution >= 4 is 11.9 Å². The van der Waals surface area contributed by atoms with Crippen LogP contribution in [0.25, 0.3) is 0 Å². The van der Waals surface area contributed by atoms with Crippen LogP contribution >= 0.6 is 0 Å². The highest BCUT2D eigenvalue weighted by molar-refractivity contribution is 5.87. The molecule has 0 saturated carbocycles. The molecule has 20 heteroatoms. The molecule has 0 amide bonds. The summed E-state index contributed by atoms with van der Waals surface area (Å²) in [5, 5.41) is 0. The maximum Gasteiger partial charge on any atom is 0.381 e. The fraction of sp³-hybridized carbons (Fsp3) is 0.684. The van der Waals surface area contributed by atoms with Crippen molar-refractivity contribution in [2.45, 2.75) is 68.7 Å². The molecule has 0 aliphatic heterocycles. The van der Waals surface area contributed by atoms with Gasteiger partial charge in [-0.3, -0.25) is 0 Å². The van der Waals surface area contributed by atoms with Gasteiger partial charge in [-0.1, -0.05) is 13.2 Å². The Kier molecular flexibility index (Phi) is 12.9. The number of carbonyl (C=O) groups is 2. The highest BCUT2D eigenvalue weighted by Gasteiger charge is 2.76. The Labute approximate surface area is 208 Å². The summed E-state index contributed by atoms with van der Waals surface area (Å²) in [7, 11) is 0. The van der Waals surface area contributed by atoms with Gasteiger partial charge in [-0.2, -0.15) is 52.7 Å². The molecule has 0 N–H and O–H groups in total. The summed E-state index contributed by atoms with van der Waals surface area (Å²) < 4.78 is 206. The topological polar surface area (TPSA) is 52.6 Å². The number of halogens is 16. The standard InChI is InChI=1S/C10H10F8O2.C9H8F8O2/c1-5(2)6(19)20-4-3-8(13,14)10(17,18)9(15,16)7(11)12;1-4(2)5(18)19-3-7(12,13)9(16,17)8(14,15)6(10)11/h7H,1,3-4H2,2H3;6H,1,3H2,2H3. The first-order valence-electron chi connectivity index (χ1n) is 9.53. The predicted octanol–water partition coefficient (Wildman–Crippen LogP) is 6.94. The normalized spacial score (nSPS) is 13.5. The SMILES string of the molecule is C=C(C)C(=O)OCC(F)(F)C(F)(F)C(F)(F)C(F)F.C=C(C)C(=O)OCCC(F)(F)C(F)(F)C(F)(F)C(F)F. The van der Waals surface area contributed by atoms with Crippen molar-refractivity contribution in [2.24, 2.45) is 0 Å². The molecule has 0 unspecified atom stereocenters. The number of hydrogen-bond donors (Lipinski definition) is 0. The van der Waals surface area contributed by atoms with Crippen LogP contribution in [0.1, 0.15) is 20.3 Å². The lowest BCUT2D eigenvalue weighted by molar-refractivity contribution is -0.344. The number of hydrogen-bond acceptors (Lipinski definition) is 4. The van der Waals surface area contributed by atoms with Crippen LogP contribution in [0.15, 0.2) is 24.3 Å². The second-order valence-corrected chi connectivity index (χ2v) is 7.43. The molecule has 0 fully saturated rings. The summed E-state index contributed by atoms with van der Waals surface area (Å²) in [6.45, 7) is 4.24. The van der Waals surface area contributed by atoms with Crippen LogP contribution in [0, 0.1) is 0 Å². The maximum absolute atomic E-state index is 12.9. The molecule has 39 heavy (non-hydrogen) atoms. The minimum absolute atomic E-state index is 0.238. The van der Waals surface area contributed by atoms with Gasteiger partial charge in [0.15, 0.2) is 6.61 Å². The van der Waals surface area contributed by atoms with Gasteiger partial charge in [-0.05, 0) is 13.8 Å². The summed E-state index contributed by atoms with van der Waals surface area (Å²) >= 11 is 0. The van der Waals surface area contributed by atoms with E-state index in [-0.39, 0.29) is 5.57 Å². The molecule has 0 aliphatic rings. The molecule has 0 rings (SSSR count). The van der Waals surface area contributed by atoms with Gasteiger partial charge in [0.2, 0.25) is 0 Å². The third kappa shape index (κ3) is 8.91. The minimum Gasteiger partial charge on any atom is -0.462 e. The Morgan fingerprint density at radius 1 is 0.615 bits per heavy atom. The van der Waals surface area contributed by atoms with Crippen LogP contribution < -0.4 is 0 Å². The highest BCUT2D eigenvalue weighted by atomic mass is 19.4. The summed E-state index contributed by atoms with van der Waals surface area (Å²) in [6, 6.07) is 0. The predicted molar refractivity (Wildman–Crippen MR) is 97.9 cm³/mol. The average molecular weight is 614 g/mol. The monoisotopic (exact) mass is 614 g/mol. The zero-order valence-corrected chi connectivity index (χ0v) is 19.4. The molecule has 0 spiro atoms. The first kappa shape index (κ1) is 38.4. The fourth-order valence-electron chi connectivity index (χ4n) is 1.68. The molecule has 0 heterocycles. The lowest BCUT2D eigenvalue weighted by Crippen LogP contribution is -2.59. The molecule has 0 atom stereocenters. The van der Waals surface area contributed by atoms with E-state index >= 15 is 0 Å². The number of ether oxygens (including phenoxy) is 2.